The number of hydrogen-bond donors (Lipinski definition) is 0. The Hall–Kier alpha value is -1.90. The van der Waals surface area contributed by atoms with E-state index >= 15 is 0 Å². The smallest absolute Gasteiger partial charge is 0.187 e. The highest BCUT2D eigenvalue weighted by molar-refractivity contribution is 7.17. The molecule has 0 fully saturated rings. The molecule has 0 bridgehead atoms. The summed E-state index contributed by atoms with van der Waals surface area (Å²) in [4.78, 5) is 12.3. The maximum Gasteiger partial charge on any atom is 0.187 e. The van der Waals surface area contributed by atoms with Crippen molar-refractivity contribution in [1.29, 1.82) is 0 Å². The minimum Gasteiger partial charge on any atom is -0.289 e. The molecule has 0 saturated carbocycles. The molecular formula is C17H11ClOS. The molecule has 3 aromatic rings. The summed E-state index contributed by atoms with van der Waals surface area (Å²) in [5.41, 5.74) is 1.72. The number of carbonyl (C=O) groups is 1. The lowest BCUT2D eigenvalue weighted by molar-refractivity contribution is 0.104. The fourth-order valence-corrected chi connectivity index (χ4v) is 3.08. The van der Waals surface area contributed by atoms with Crippen molar-refractivity contribution < 1.29 is 4.79 Å². The van der Waals surface area contributed by atoms with Gasteiger partial charge in [0.15, 0.2) is 5.78 Å². The minimum absolute atomic E-state index is 0.0254. The normalized spacial score (nSPS) is 11.2. The lowest BCUT2D eigenvalue weighted by Gasteiger charge is -1.95. The summed E-state index contributed by atoms with van der Waals surface area (Å²) in [5.74, 6) is 0.0254. The van der Waals surface area contributed by atoms with E-state index in [1.807, 2.05) is 60.0 Å². The zero-order valence-electron chi connectivity index (χ0n) is 10.5. The highest BCUT2D eigenvalue weighted by Crippen LogP contribution is 2.26. The number of carbonyl (C=O) groups excluding carboxylic acids is 1. The van der Waals surface area contributed by atoms with Crippen molar-refractivity contribution in [3.8, 4) is 0 Å². The van der Waals surface area contributed by atoms with Gasteiger partial charge >= 0.3 is 0 Å². The zero-order valence-corrected chi connectivity index (χ0v) is 12.1. The van der Waals surface area contributed by atoms with Crippen LogP contribution in [0.2, 0.25) is 5.02 Å². The van der Waals surface area contributed by atoms with Crippen LogP contribution in [0.25, 0.3) is 16.2 Å². The van der Waals surface area contributed by atoms with Gasteiger partial charge in [-0.1, -0.05) is 48.0 Å². The minimum atomic E-state index is 0.0254. The zero-order chi connectivity index (χ0) is 13.9. The van der Waals surface area contributed by atoms with Crippen LogP contribution in [0, 0.1) is 0 Å². The molecule has 3 heteroatoms. The summed E-state index contributed by atoms with van der Waals surface area (Å²) >= 11 is 7.43. The van der Waals surface area contributed by atoms with Crippen molar-refractivity contribution in [3.63, 3.8) is 0 Å². The van der Waals surface area contributed by atoms with Crippen LogP contribution in [0.1, 0.15) is 15.9 Å². The van der Waals surface area contributed by atoms with Gasteiger partial charge in [0.1, 0.15) is 0 Å². The molecule has 0 aliphatic heterocycles. The summed E-state index contributed by atoms with van der Waals surface area (Å²) in [5, 5.41) is 3.62. The summed E-state index contributed by atoms with van der Waals surface area (Å²) in [6.45, 7) is 0. The maximum atomic E-state index is 12.3. The first-order valence-corrected chi connectivity index (χ1v) is 7.44. The van der Waals surface area contributed by atoms with Gasteiger partial charge in [0.2, 0.25) is 0 Å². The highest BCUT2D eigenvalue weighted by atomic mass is 35.5. The molecule has 3 rings (SSSR count). The third kappa shape index (κ3) is 2.67. The Morgan fingerprint density at radius 3 is 2.60 bits per heavy atom. The van der Waals surface area contributed by atoms with Crippen molar-refractivity contribution in [1.82, 2.24) is 0 Å². The summed E-state index contributed by atoms with van der Waals surface area (Å²) < 4.78 is 1.13. The second-order valence-corrected chi connectivity index (χ2v) is 5.74. The third-order valence-corrected chi connectivity index (χ3v) is 4.26. The Kier molecular flexibility index (Phi) is 3.68. The van der Waals surface area contributed by atoms with Gasteiger partial charge in [0.05, 0.1) is 0 Å². The molecule has 0 radical (unpaired) electrons. The topological polar surface area (TPSA) is 17.1 Å². The Labute approximate surface area is 126 Å². The number of ketones is 1. The van der Waals surface area contributed by atoms with Gasteiger partial charge < -0.3 is 0 Å². The molecule has 2 aromatic carbocycles. The van der Waals surface area contributed by atoms with Crippen molar-refractivity contribution in [2.24, 2.45) is 0 Å². The third-order valence-electron chi connectivity index (χ3n) is 3.04. The van der Waals surface area contributed by atoms with Crippen molar-refractivity contribution in [2.45, 2.75) is 0 Å². The van der Waals surface area contributed by atoms with Crippen LogP contribution in [-0.4, -0.2) is 5.78 Å². The number of allylic oxidation sites excluding steroid dienone is 1. The first kappa shape index (κ1) is 13.1. The first-order chi connectivity index (χ1) is 9.74. The molecule has 98 valence electrons. The Bertz CT molecular complexity index is 784. The van der Waals surface area contributed by atoms with Crippen LogP contribution >= 0.6 is 22.9 Å². The van der Waals surface area contributed by atoms with Gasteiger partial charge in [-0.25, -0.2) is 0 Å². The largest absolute Gasteiger partial charge is 0.289 e. The lowest BCUT2D eigenvalue weighted by atomic mass is 10.1. The number of rotatable bonds is 3. The van der Waals surface area contributed by atoms with Gasteiger partial charge in [0.25, 0.3) is 0 Å². The number of fused-ring (bicyclic) bond motifs is 1. The Morgan fingerprint density at radius 2 is 1.80 bits per heavy atom. The number of thiophene rings is 1. The average Bonchev–Trinajstić information content (AvgIpc) is 2.90. The van der Waals surface area contributed by atoms with E-state index in [0.717, 1.165) is 21.2 Å². The highest BCUT2D eigenvalue weighted by Gasteiger charge is 2.08. The molecule has 0 spiro atoms. The molecule has 0 aliphatic rings. The molecule has 0 N–H and O–H groups in total. The lowest BCUT2D eigenvalue weighted by Crippen LogP contribution is -1.91. The Morgan fingerprint density at radius 1 is 1.05 bits per heavy atom. The van der Waals surface area contributed by atoms with E-state index in [4.69, 9.17) is 11.6 Å². The molecule has 0 unspecified atom stereocenters. The molecule has 1 heterocycles. The van der Waals surface area contributed by atoms with Crippen LogP contribution in [-0.2, 0) is 0 Å². The number of hydrogen-bond acceptors (Lipinski definition) is 2. The molecule has 0 saturated heterocycles. The monoisotopic (exact) mass is 298 g/mol. The summed E-state index contributed by atoms with van der Waals surface area (Å²) in [6.07, 6.45) is 3.42. The standard InChI is InChI=1S/C17H11ClOS/c18-13-8-5-12(6-9-13)7-10-16(19)15-11-20-17-4-2-1-3-14(15)17/h1-11H/b10-7+. The second-order valence-electron chi connectivity index (χ2n) is 4.39. The second kappa shape index (κ2) is 5.61. The molecule has 0 atom stereocenters. The van der Waals surface area contributed by atoms with E-state index in [1.54, 1.807) is 17.4 Å². The molecule has 1 nitrogen and oxygen atoms in total. The molecular weight excluding hydrogens is 288 g/mol. The number of benzene rings is 2. The molecule has 0 aliphatic carbocycles. The van der Waals surface area contributed by atoms with Crippen LogP contribution < -0.4 is 0 Å². The molecule has 20 heavy (non-hydrogen) atoms. The predicted molar refractivity (Wildman–Crippen MR) is 86.6 cm³/mol. The van der Waals surface area contributed by atoms with Gasteiger partial charge in [-0.2, -0.15) is 0 Å². The molecule has 1 aromatic heterocycles. The van der Waals surface area contributed by atoms with Crippen LogP contribution in [0.3, 0.4) is 0 Å². The van der Waals surface area contributed by atoms with E-state index in [9.17, 15) is 4.79 Å². The van der Waals surface area contributed by atoms with Crippen molar-refractivity contribution in [2.75, 3.05) is 0 Å². The first-order valence-electron chi connectivity index (χ1n) is 6.18. The summed E-state index contributed by atoms with van der Waals surface area (Å²) in [7, 11) is 0. The van der Waals surface area contributed by atoms with Gasteiger partial charge in [-0.15, -0.1) is 11.3 Å². The predicted octanol–water partition coefficient (Wildman–Crippen LogP) is 5.45. The average molecular weight is 299 g/mol. The van der Waals surface area contributed by atoms with E-state index in [0.29, 0.717) is 5.02 Å². The number of halogens is 1. The fourth-order valence-electron chi connectivity index (χ4n) is 2.00. The van der Waals surface area contributed by atoms with Crippen LogP contribution in [0.4, 0.5) is 0 Å². The fraction of sp³-hybridized carbons (Fsp3) is 0. The van der Waals surface area contributed by atoms with Crippen molar-refractivity contribution >= 4 is 44.9 Å². The van der Waals surface area contributed by atoms with E-state index in [2.05, 4.69) is 0 Å². The maximum absolute atomic E-state index is 12.3. The quantitative estimate of drug-likeness (QED) is 0.464. The van der Waals surface area contributed by atoms with Gasteiger partial charge in [-0.3, -0.25) is 4.79 Å². The van der Waals surface area contributed by atoms with E-state index in [1.165, 1.54) is 0 Å². The van der Waals surface area contributed by atoms with Gasteiger partial charge in [0, 0.05) is 26.1 Å². The van der Waals surface area contributed by atoms with Crippen LogP contribution in [0.5, 0.6) is 0 Å². The SMILES string of the molecule is O=C(/C=C/c1ccc(Cl)cc1)c1csc2ccccc12. The van der Waals surface area contributed by atoms with E-state index < -0.39 is 0 Å². The van der Waals surface area contributed by atoms with Crippen LogP contribution in [0.15, 0.2) is 60.0 Å². The summed E-state index contributed by atoms with van der Waals surface area (Å²) in [6, 6.07) is 15.3. The Balaban J connectivity index is 1.87. The van der Waals surface area contributed by atoms with E-state index in [-0.39, 0.29) is 5.78 Å². The van der Waals surface area contributed by atoms with Crippen molar-refractivity contribution in [3.05, 3.63) is 76.1 Å². The van der Waals surface area contributed by atoms with Gasteiger partial charge in [-0.05, 0) is 29.8 Å². The molecule has 0 amide bonds.